The Bertz CT molecular complexity index is 1210. The number of aliphatic hydroxyl groups excluding tert-OH is 2. The topological polar surface area (TPSA) is 104 Å². The predicted octanol–water partition coefficient (Wildman–Crippen LogP) is 4.95. The summed E-state index contributed by atoms with van der Waals surface area (Å²) in [6.07, 6.45) is 21.4. The van der Waals surface area contributed by atoms with Crippen molar-refractivity contribution in [2.75, 3.05) is 6.61 Å². The molecule has 2 bridgehead atoms. The minimum absolute atomic E-state index is 0.0423. The van der Waals surface area contributed by atoms with Crippen LogP contribution >= 0.6 is 0 Å². The third-order valence-electron chi connectivity index (χ3n) is 9.73. The Balaban J connectivity index is 1.54. The van der Waals surface area contributed by atoms with E-state index in [0.29, 0.717) is 17.9 Å². The van der Waals surface area contributed by atoms with Crippen LogP contribution < -0.4 is 0 Å². The number of esters is 1. The van der Waals surface area contributed by atoms with Gasteiger partial charge in [-0.3, -0.25) is 4.79 Å². The van der Waals surface area contributed by atoms with Gasteiger partial charge in [-0.2, -0.15) is 0 Å². The monoisotopic (exact) mass is 548 g/mol. The zero-order valence-electron chi connectivity index (χ0n) is 24.3. The van der Waals surface area contributed by atoms with Gasteiger partial charge in [0.2, 0.25) is 0 Å². The zero-order valence-corrected chi connectivity index (χ0v) is 24.3. The molecule has 0 amide bonds. The van der Waals surface area contributed by atoms with Gasteiger partial charge in [0.05, 0.1) is 12.0 Å². The molecule has 0 aromatic rings. The molecule has 6 nitrogen and oxygen atoms in total. The van der Waals surface area contributed by atoms with Gasteiger partial charge in [0.25, 0.3) is 0 Å². The molecule has 4 rings (SSSR count). The molecule has 3 N–H and O–H groups in total. The quantitative estimate of drug-likeness (QED) is 0.163. The lowest BCUT2D eigenvalue weighted by molar-refractivity contribution is -0.201. The number of unbranched alkanes of at least 4 members (excludes halogenated alkanes) is 1. The molecule has 0 aliphatic heterocycles. The van der Waals surface area contributed by atoms with E-state index >= 15 is 0 Å². The lowest BCUT2D eigenvalue weighted by atomic mass is 9.59. The molecule has 216 valence electrons. The van der Waals surface area contributed by atoms with Crippen LogP contribution in [-0.2, 0) is 14.3 Å². The second-order valence-corrected chi connectivity index (χ2v) is 12.4. The van der Waals surface area contributed by atoms with Crippen molar-refractivity contribution >= 4 is 11.8 Å². The summed E-state index contributed by atoms with van der Waals surface area (Å²) in [5.41, 5.74) is -2.88. The number of hydrogen-bond donors (Lipinski definition) is 3. The van der Waals surface area contributed by atoms with Crippen LogP contribution in [0.2, 0.25) is 0 Å². The van der Waals surface area contributed by atoms with Gasteiger partial charge in [0, 0.05) is 12.0 Å². The summed E-state index contributed by atoms with van der Waals surface area (Å²) < 4.78 is 5.77. The molecule has 6 heteroatoms. The van der Waals surface area contributed by atoms with Crippen LogP contribution in [0.3, 0.4) is 0 Å². The molecule has 8 atom stereocenters. The third-order valence-corrected chi connectivity index (χ3v) is 9.73. The van der Waals surface area contributed by atoms with Gasteiger partial charge in [-0.15, -0.1) is 0 Å². The molecule has 1 spiro atoms. The van der Waals surface area contributed by atoms with E-state index < -0.39 is 41.7 Å². The molecule has 2 saturated carbocycles. The fourth-order valence-electron chi connectivity index (χ4n) is 7.61. The van der Waals surface area contributed by atoms with E-state index in [1.54, 1.807) is 37.3 Å². The lowest BCUT2D eigenvalue weighted by Crippen LogP contribution is -2.65. The number of ether oxygens (including phenoxy) is 1. The molecule has 0 heterocycles. The van der Waals surface area contributed by atoms with Crippen LogP contribution in [0.25, 0.3) is 0 Å². The van der Waals surface area contributed by atoms with Gasteiger partial charge in [-0.1, -0.05) is 101 Å². The standard InChI is InChI=1S/C34H44O6/c1-6-7-8-9-10-11-12-13-14-15-16-17-27(36)40-31-22(2)20-33-23(3)18-26-28(32(26,4)5)25(30(33)38)19-24(21-35)29(37)34(31,33)39/h8-17,19-20,23,25-26,28-29,31,35,37,39H,6-7,18,21H2,1-5H3/t23-,25+,26-,28+,29-,31+,33+,34+/m1/s1. The molecule has 0 radical (unpaired) electrons. The van der Waals surface area contributed by atoms with Crippen molar-refractivity contribution in [2.24, 2.45) is 34.5 Å². The first-order chi connectivity index (χ1) is 19.0. The van der Waals surface area contributed by atoms with Crippen molar-refractivity contribution in [3.8, 4) is 0 Å². The van der Waals surface area contributed by atoms with Crippen molar-refractivity contribution in [3.63, 3.8) is 0 Å². The summed E-state index contributed by atoms with van der Waals surface area (Å²) in [5.74, 6) is -1.33. The average Bonchev–Trinajstić information content (AvgIpc) is 3.40. The molecule has 4 aliphatic rings. The van der Waals surface area contributed by atoms with Crippen molar-refractivity contribution in [1.29, 1.82) is 0 Å². The van der Waals surface area contributed by atoms with Crippen LogP contribution in [0, 0.1) is 34.5 Å². The van der Waals surface area contributed by atoms with Crippen LogP contribution in [0.5, 0.6) is 0 Å². The van der Waals surface area contributed by atoms with Gasteiger partial charge in [0.15, 0.2) is 17.5 Å². The summed E-state index contributed by atoms with van der Waals surface area (Å²) in [6.45, 7) is 9.60. The molecule has 2 fully saturated rings. The van der Waals surface area contributed by atoms with E-state index in [1.807, 2.05) is 37.3 Å². The van der Waals surface area contributed by atoms with E-state index in [1.165, 1.54) is 6.08 Å². The number of allylic oxidation sites excluding steroid dienone is 10. The maximum absolute atomic E-state index is 14.3. The first-order valence-corrected chi connectivity index (χ1v) is 14.5. The average molecular weight is 549 g/mol. The number of aliphatic hydroxyl groups is 3. The summed E-state index contributed by atoms with van der Waals surface area (Å²) in [5, 5.41) is 34.1. The molecular weight excluding hydrogens is 504 g/mol. The number of carbonyl (C=O) groups excluding carboxylic acids is 2. The first kappa shape index (κ1) is 30.2. The number of hydrogen-bond acceptors (Lipinski definition) is 6. The minimum atomic E-state index is -2.13. The lowest BCUT2D eigenvalue weighted by Gasteiger charge is -2.48. The number of ketones is 1. The highest BCUT2D eigenvalue weighted by molar-refractivity contribution is 5.95. The highest BCUT2D eigenvalue weighted by atomic mass is 16.6. The molecule has 4 aliphatic carbocycles. The highest BCUT2D eigenvalue weighted by Gasteiger charge is 2.76. The van der Waals surface area contributed by atoms with E-state index in [9.17, 15) is 24.9 Å². The number of rotatable bonds is 9. The fourth-order valence-corrected chi connectivity index (χ4v) is 7.61. The second-order valence-electron chi connectivity index (χ2n) is 12.4. The van der Waals surface area contributed by atoms with Gasteiger partial charge < -0.3 is 20.1 Å². The molecule has 0 aromatic heterocycles. The number of Topliss-reactive ketones (excluding diaryl/α,β-unsaturated/α-hetero) is 1. The normalized spacial score (nSPS) is 38.5. The Labute approximate surface area is 238 Å². The van der Waals surface area contributed by atoms with Gasteiger partial charge in [-0.25, -0.2) is 4.79 Å². The van der Waals surface area contributed by atoms with Crippen LogP contribution in [0.1, 0.15) is 53.9 Å². The Morgan fingerprint density at radius 1 is 1.10 bits per heavy atom. The van der Waals surface area contributed by atoms with Crippen molar-refractivity contribution in [2.45, 2.75) is 71.7 Å². The summed E-state index contributed by atoms with van der Waals surface area (Å²) in [7, 11) is 0. The molecule has 0 unspecified atom stereocenters. The van der Waals surface area contributed by atoms with Gasteiger partial charge >= 0.3 is 5.97 Å². The maximum Gasteiger partial charge on any atom is 0.331 e. The second kappa shape index (κ2) is 11.6. The largest absolute Gasteiger partial charge is 0.451 e. The van der Waals surface area contributed by atoms with E-state index in [0.717, 1.165) is 12.8 Å². The van der Waals surface area contributed by atoms with Crippen LogP contribution in [-0.4, -0.2) is 51.5 Å². The molecule has 0 aromatic carbocycles. The molecule has 0 saturated heterocycles. The predicted molar refractivity (Wildman–Crippen MR) is 156 cm³/mol. The summed E-state index contributed by atoms with van der Waals surface area (Å²) in [4.78, 5) is 27.2. The Hall–Kier alpha value is -2.80. The summed E-state index contributed by atoms with van der Waals surface area (Å²) in [6, 6.07) is 0. The third kappa shape index (κ3) is 4.84. The highest BCUT2D eigenvalue weighted by Crippen LogP contribution is 2.71. The van der Waals surface area contributed by atoms with E-state index in [2.05, 4.69) is 26.8 Å². The van der Waals surface area contributed by atoms with Crippen molar-refractivity contribution < 1.29 is 29.6 Å². The molecule has 40 heavy (non-hydrogen) atoms. The van der Waals surface area contributed by atoms with Crippen LogP contribution in [0.4, 0.5) is 0 Å². The van der Waals surface area contributed by atoms with Crippen molar-refractivity contribution in [3.05, 3.63) is 84.1 Å². The van der Waals surface area contributed by atoms with E-state index in [4.69, 9.17) is 4.74 Å². The van der Waals surface area contributed by atoms with Gasteiger partial charge in [-0.05, 0) is 54.1 Å². The number of fused-ring (bicyclic) bond motifs is 3. The first-order valence-electron chi connectivity index (χ1n) is 14.5. The summed E-state index contributed by atoms with van der Waals surface area (Å²) >= 11 is 0. The Kier molecular flexibility index (Phi) is 8.74. The maximum atomic E-state index is 14.3. The smallest absolute Gasteiger partial charge is 0.331 e. The van der Waals surface area contributed by atoms with Crippen LogP contribution in [0.15, 0.2) is 84.1 Å². The number of carbonyl (C=O) groups is 2. The Morgan fingerprint density at radius 3 is 2.35 bits per heavy atom. The molecular formula is C34H44O6. The zero-order chi connectivity index (χ0) is 29.3. The van der Waals surface area contributed by atoms with Crippen molar-refractivity contribution in [1.82, 2.24) is 0 Å². The minimum Gasteiger partial charge on any atom is -0.451 e. The van der Waals surface area contributed by atoms with Gasteiger partial charge in [0.1, 0.15) is 6.10 Å². The van der Waals surface area contributed by atoms with E-state index in [-0.39, 0.29) is 28.6 Å². The Morgan fingerprint density at radius 2 is 1.73 bits per heavy atom. The fraction of sp³-hybridized carbons (Fsp3) is 0.529. The SMILES string of the molecule is CCCC=CC=CC=CC=CC=CC(=O)O[C@H]1C(C)=C[C@]23C(=O)[C@@H](C=C(CO)[C@@H](O)[C@]12O)[C@H]1[C@@H](C[C@H]3C)C1(C)C.